The third-order valence-corrected chi connectivity index (χ3v) is 6.14. The van der Waals surface area contributed by atoms with E-state index >= 15 is 0 Å². The van der Waals surface area contributed by atoms with Crippen molar-refractivity contribution in [3.05, 3.63) is 17.7 Å². The SMILES string of the molecule is COc1ccc(C)c2c1N(C)CC(C)(C)S2(=O)=O. The van der Waals surface area contributed by atoms with Crippen molar-refractivity contribution in [2.75, 3.05) is 25.6 Å². The Hall–Kier alpha value is -1.23. The summed E-state index contributed by atoms with van der Waals surface area (Å²) in [5.74, 6) is 0.608. The number of aryl methyl sites for hydroxylation is 1. The van der Waals surface area contributed by atoms with Crippen LogP contribution in [0, 0.1) is 6.92 Å². The first-order chi connectivity index (χ1) is 8.22. The van der Waals surface area contributed by atoms with Crippen LogP contribution in [0.1, 0.15) is 19.4 Å². The molecule has 0 saturated carbocycles. The van der Waals surface area contributed by atoms with Gasteiger partial charge in [0.25, 0.3) is 0 Å². The van der Waals surface area contributed by atoms with Crippen molar-refractivity contribution in [1.82, 2.24) is 0 Å². The lowest BCUT2D eigenvalue weighted by molar-refractivity contribution is 0.411. The van der Waals surface area contributed by atoms with E-state index in [0.29, 0.717) is 22.9 Å². The molecule has 0 radical (unpaired) electrons. The highest BCUT2D eigenvalue weighted by Crippen LogP contribution is 2.45. The number of anilines is 1. The van der Waals surface area contributed by atoms with Gasteiger partial charge in [-0.25, -0.2) is 8.42 Å². The number of rotatable bonds is 1. The number of benzene rings is 1. The fourth-order valence-corrected chi connectivity index (χ4v) is 4.45. The van der Waals surface area contributed by atoms with E-state index < -0.39 is 14.6 Å². The molecule has 0 spiro atoms. The molecule has 0 N–H and O–H groups in total. The molecule has 5 heteroatoms. The summed E-state index contributed by atoms with van der Waals surface area (Å²) >= 11 is 0. The standard InChI is InChI=1S/C13H19NO3S/c1-9-6-7-10(17-5)11-12(9)18(15,16)13(2,3)8-14(11)4/h6-7H,8H2,1-5H3. The van der Waals surface area contributed by atoms with Crippen LogP contribution in [0.2, 0.25) is 0 Å². The number of hydrogen-bond acceptors (Lipinski definition) is 4. The first-order valence-electron chi connectivity index (χ1n) is 5.86. The summed E-state index contributed by atoms with van der Waals surface area (Å²) in [5.41, 5.74) is 1.45. The van der Waals surface area contributed by atoms with Crippen LogP contribution in [-0.4, -0.2) is 33.9 Å². The van der Waals surface area contributed by atoms with Crippen molar-refractivity contribution < 1.29 is 13.2 Å². The van der Waals surface area contributed by atoms with Crippen LogP contribution in [0.15, 0.2) is 17.0 Å². The first kappa shape index (κ1) is 13.2. The Morgan fingerprint density at radius 1 is 1.33 bits per heavy atom. The molecule has 0 atom stereocenters. The second kappa shape index (κ2) is 3.88. The Morgan fingerprint density at radius 2 is 1.94 bits per heavy atom. The Labute approximate surface area is 108 Å². The normalized spacial score (nSPS) is 20.4. The van der Waals surface area contributed by atoms with Crippen molar-refractivity contribution in [2.24, 2.45) is 0 Å². The number of sulfone groups is 1. The maximum absolute atomic E-state index is 12.7. The number of nitrogens with zero attached hydrogens (tertiary/aromatic N) is 1. The summed E-state index contributed by atoms with van der Waals surface area (Å²) < 4.78 is 29.9. The van der Waals surface area contributed by atoms with Gasteiger partial charge in [0.15, 0.2) is 9.84 Å². The Balaban J connectivity index is 2.87. The molecule has 1 aromatic carbocycles. The van der Waals surface area contributed by atoms with Crippen molar-refractivity contribution in [1.29, 1.82) is 0 Å². The fourth-order valence-electron chi connectivity index (χ4n) is 2.53. The number of fused-ring (bicyclic) bond motifs is 1. The van der Waals surface area contributed by atoms with Gasteiger partial charge < -0.3 is 9.64 Å². The molecule has 1 aliphatic heterocycles. The van der Waals surface area contributed by atoms with E-state index in [9.17, 15) is 8.42 Å². The predicted octanol–water partition coefficient (Wildman–Crippen LogP) is 2.01. The van der Waals surface area contributed by atoms with Gasteiger partial charge in [-0.1, -0.05) is 6.07 Å². The monoisotopic (exact) mass is 269 g/mol. The second-order valence-electron chi connectivity index (χ2n) is 5.38. The van der Waals surface area contributed by atoms with Gasteiger partial charge >= 0.3 is 0 Å². The summed E-state index contributed by atoms with van der Waals surface area (Å²) in [5, 5.41) is 0. The number of hydrogen-bond donors (Lipinski definition) is 0. The van der Waals surface area contributed by atoms with Crippen LogP contribution in [0.5, 0.6) is 5.75 Å². The third-order valence-electron chi connectivity index (χ3n) is 3.51. The molecule has 0 saturated heterocycles. The summed E-state index contributed by atoms with van der Waals surface area (Å²) in [6.07, 6.45) is 0. The summed E-state index contributed by atoms with van der Waals surface area (Å²) in [4.78, 5) is 2.36. The molecular formula is C13H19NO3S. The Morgan fingerprint density at radius 3 is 2.50 bits per heavy atom. The van der Waals surface area contributed by atoms with E-state index in [2.05, 4.69) is 0 Å². The van der Waals surface area contributed by atoms with Crippen molar-refractivity contribution in [2.45, 2.75) is 30.4 Å². The number of methoxy groups -OCH3 is 1. The van der Waals surface area contributed by atoms with E-state index in [1.165, 1.54) is 0 Å². The predicted molar refractivity (Wildman–Crippen MR) is 72.3 cm³/mol. The molecule has 4 nitrogen and oxygen atoms in total. The molecule has 0 aromatic heterocycles. The average molecular weight is 269 g/mol. The van der Waals surface area contributed by atoms with Crippen LogP contribution in [0.25, 0.3) is 0 Å². The zero-order valence-electron chi connectivity index (χ0n) is 11.4. The van der Waals surface area contributed by atoms with Gasteiger partial charge in [0.2, 0.25) is 0 Å². The summed E-state index contributed by atoms with van der Waals surface area (Å²) in [6, 6.07) is 3.61. The molecule has 0 aliphatic carbocycles. The molecule has 0 unspecified atom stereocenters. The van der Waals surface area contributed by atoms with E-state index in [-0.39, 0.29) is 0 Å². The van der Waals surface area contributed by atoms with E-state index in [4.69, 9.17) is 4.74 Å². The van der Waals surface area contributed by atoms with Crippen LogP contribution >= 0.6 is 0 Å². The second-order valence-corrected chi connectivity index (χ2v) is 7.90. The smallest absolute Gasteiger partial charge is 0.187 e. The van der Waals surface area contributed by atoms with Crippen molar-refractivity contribution >= 4 is 15.5 Å². The largest absolute Gasteiger partial charge is 0.495 e. The van der Waals surface area contributed by atoms with E-state index in [1.807, 2.05) is 24.9 Å². The quantitative estimate of drug-likeness (QED) is 0.782. The summed E-state index contributed by atoms with van der Waals surface area (Å²) in [7, 11) is 0.123. The van der Waals surface area contributed by atoms with Crippen LogP contribution in [-0.2, 0) is 9.84 Å². The molecule has 0 amide bonds. The van der Waals surface area contributed by atoms with E-state index in [0.717, 1.165) is 5.56 Å². The van der Waals surface area contributed by atoms with Crippen molar-refractivity contribution in [3.63, 3.8) is 0 Å². The minimum absolute atomic E-state index is 0.403. The maximum Gasteiger partial charge on any atom is 0.187 e. The van der Waals surface area contributed by atoms with Gasteiger partial charge in [0.05, 0.1) is 22.4 Å². The van der Waals surface area contributed by atoms with Crippen molar-refractivity contribution in [3.8, 4) is 5.75 Å². The highest BCUT2D eigenvalue weighted by molar-refractivity contribution is 7.93. The summed E-state index contributed by atoms with van der Waals surface area (Å²) in [6.45, 7) is 5.81. The molecule has 1 aliphatic rings. The van der Waals surface area contributed by atoms with Gasteiger partial charge in [0, 0.05) is 13.6 Å². The zero-order valence-corrected chi connectivity index (χ0v) is 12.3. The lowest BCUT2D eigenvalue weighted by atomic mass is 10.1. The highest BCUT2D eigenvalue weighted by atomic mass is 32.2. The van der Waals surface area contributed by atoms with Crippen LogP contribution in [0.3, 0.4) is 0 Å². The lowest BCUT2D eigenvalue weighted by Crippen LogP contribution is -2.48. The first-order valence-corrected chi connectivity index (χ1v) is 7.34. The maximum atomic E-state index is 12.7. The Bertz CT molecular complexity index is 590. The van der Waals surface area contributed by atoms with Gasteiger partial charge in [0.1, 0.15) is 5.75 Å². The topological polar surface area (TPSA) is 46.6 Å². The molecule has 100 valence electrons. The highest BCUT2D eigenvalue weighted by Gasteiger charge is 2.45. The molecule has 2 rings (SSSR count). The zero-order chi connectivity index (χ0) is 13.7. The van der Waals surface area contributed by atoms with E-state index in [1.54, 1.807) is 27.0 Å². The van der Waals surface area contributed by atoms with Gasteiger partial charge in [-0.05, 0) is 32.4 Å². The molecule has 1 heterocycles. The van der Waals surface area contributed by atoms with Crippen LogP contribution < -0.4 is 9.64 Å². The minimum Gasteiger partial charge on any atom is -0.495 e. The lowest BCUT2D eigenvalue weighted by Gasteiger charge is -2.39. The van der Waals surface area contributed by atoms with Gasteiger partial charge in [-0.15, -0.1) is 0 Å². The van der Waals surface area contributed by atoms with Gasteiger partial charge in [-0.2, -0.15) is 0 Å². The number of ether oxygens (including phenoxy) is 1. The molecule has 18 heavy (non-hydrogen) atoms. The molecular weight excluding hydrogens is 250 g/mol. The molecule has 0 bridgehead atoms. The molecule has 0 fully saturated rings. The van der Waals surface area contributed by atoms with Gasteiger partial charge in [-0.3, -0.25) is 0 Å². The Kier molecular flexibility index (Phi) is 2.85. The minimum atomic E-state index is -3.34. The fraction of sp³-hybridized carbons (Fsp3) is 0.538. The molecule has 1 aromatic rings. The van der Waals surface area contributed by atoms with Crippen LogP contribution in [0.4, 0.5) is 5.69 Å². The third kappa shape index (κ3) is 1.61. The average Bonchev–Trinajstić information content (AvgIpc) is 2.25.